The maximum Gasteiger partial charge on any atom is 0.257 e. The minimum atomic E-state index is -0.217. The molecule has 0 unspecified atom stereocenters. The summed E-state index contributed by atoms with van der Waals surface area (Å²) in [4.78, 5) is 23.7. The Bertz CT molecular complexity index is 1280. The zero-order valence-electron chi connectivity index (χ0n) is 18.6. The molecule has 33 heavy (non-hydrogen) atoms. The zero-order chi connectivity index (χ0) is 22.8. The molecular formula is C27H27ClN4O. The minimum Gasteiger partial charge on any atom is -0.358 e. The van der Waals surface area contributed by atoms with Crippen LogP contribution in [0.3, 0.4) is 0 Å². The molecule has 0 bridgehead atoms. The Kier molecular flexibility index (Phi) is 6.16. The fourth-order valence-corrected chi connectivity index (χ4v) is 5.07. The van der Waals surface area contributed by atoms with Crippen LogP contribution in [0.5, 0.6) is 0 Å². The molecule has 2 aromatic carbocycles. The quantitative estimate of drug-likeness (QED) is 0.366. The fourth-order valence-electron chi connectivity index (χ4n) is 4.85. The molecule has 1 saturated heterocycles. The molecule has 1 aliphatic heterocycles. The number of carbonyl (C=O) groups is 1. The molecule has 5 nitrogen and oxygen atoms in total. The van der Waals surface area contributed by atoms with Gasteiger partial charge >= 0.3 is 0 Å². The maximum atomic E-state index is 12.8. The summed E-state index contributed by atoms with van der Waals surface area (Å²) < 4.78 is 0. The molecule has 6 heteroatoms. The third kappa shape index (κ3) is 4.39. The summed E-state index contributed by atoms with van der Waals surface area (Å²) in [5, 5.41) is 4.56. The number of halogens is 1. The van der Waals surface area contributed by atoms with E-state index in [1.807, 2.05) is 36.5 Å². The summed E-state index contributed by atoms with van der Waals surface area (Å²) in [7, 11) is 0. The van der Waals surface area contributed by atoms with Crippen molar-refractivity contribution in [3.05, 3.63) is 94.4 Å². The molecular weight excluding hydrogens is 432 g/mol. The molecule has 0 spiro atoms. The number of anilines is 1. The number of rotatable bonds is 5. The summed E-state index contributed by atoms with van der Waals surface area (Å²) in [5.74, 6) is -0.217. The van der Waals surface area contributed by atoms with Crippen LogP contribution < -0.4 is 5.32 Å². The van der Waals surface area contributed by atoms with Gasteiger partial charge in [0.25, 0.3) is 5.91 Å². The lowest BCUT2D eigenvalue weighted by Gasteiger charge is -2.34. The Morgan fingerprint density at radius 1 is 1.06 bits per heavy atom. The highest BCUT2D eigenvalue weighted by Crippen LogP contribution is 2.37. The van der Waals surface area contributed by atoms with Gasteiger partial charge in [-0.1, -0.05) is 36.2 Å². The van der Waals surface area contributed by atoms with Crippen molar-refractivity contribution in [1.82, 2.24) is 14.9 Å². The van der Waals surface area contributed by atoms with Gasteiger partial charge in [-0.25, -0.2) is 0 Å². The highest BCUT2D eigenvalue weighted by Gasteiger charge is 2.29. The lowest BCUT2D eigenvalue weighted by atomic mass is 9.95. The lowest BCUT2D eigenvalue weighted by Crippen LogP contribution is -2.35. The first kappa shape index (κ1) is 21.7. The van der Waals surface area contributed by atoms with E-state index in [1.165, 1.54) is 24.8 Å². The number of hydrogen-bond acceptors (Lipinski definition) is 3. The van der Waals surface area contributed by atoms with Crippen LogP contribution in [0.2, 0.25) is 5.02 Å². The number of piperidine rings is 1. The van der Waals surface area contributed by atoms with E-state index in [4.69, 9.17) is 16.6 Å². The number of H-pyrrole nitrogens is 1. The van der Waals surface area contributed by atoms with Crippen LogP contribution in [0.4, 0.5) is 5.69 Å². The van der Waals surface area contributed by atoms with Gasteiger partial charge in [0.1, 0.15) is 0 Å². The predicted molar refractivity (Wildman–Crippen MR) is 134 cm³/mol. The summed E-state index contributed by atoms with van der Waals surface area (Å²) in [6.45, 7) is 4.23. The number of amides is 1. The molecule has 1 fully saturated rings. The molecule has 3 heterocycles. The van der Waals surface area contributed by atoms with Gasteiger partial charge in [-0.05, 0) is 75.3 Å². The van der Waals surface area contributed by atoms with E-state index >= 15 is 0 Å². The van der Waals surface area contributed by atoms with Gasteiger partial charge in [-0.15, -0.1) is 0 Å². The average molecular weight is 459 g/mol. The summed E-state index contributed by atoms with van der Waals surface area (Å²) in [6, 6.07) is 19.3. The van der Waals surface area contributed by atoms with Crippen LogP contribution in [-0.4, -0.2) is 33.9 Å². The number of aryl methyl sites for hydroxylation is 1. The van der Waals surface area contributed by atoms with Crippen molar-refractivity contribution < 1.29 is 4.79 Å². The third-order valence-electron chi connectivity index (χ3n) is 6.41. The Hall–Kier alpha value is -3.15. The first-order valence-electron chi connectivity index (χ1n) is 11.4. The number of carbonyl (C=O) groups excluding carboxylic acids is 1. The summed E-state index contributed by atoms with van der Waals surface area (Å²) in [5.41, 5.74) is 5.65. The van der Waals surface area contributed by atoms with Gasteiger partial charge < -0.3 is 10.3 Å². The van der Waals surface area contributed by atoms with E-state index in [0.717, 1.165) is 41.1 Å². The Labute approximate surface area is 198 Å². The highest BCUT2D eigenvalue weighted by molar-refractivity contribution is 6.34. The van der Waals surface area contributed by atoms with Crippen molar-refractivity contribution in [2.45, 2.75) is 32.2 Å². The standard InChI is InChI=1S/C27H27ClN4O/c1-18-25(26(24-11-5-6-14-29-24)32-15-7-2-8-16-32)21-17-19(12-13-23(21)30-18)31-27(33)20-9-3-4-10-22(20)28/h3-6,9-14,17,26,30H,2,7-8,15-16H2,1H3,(H,31,33)/t26-/m0/s1. The lowest BCUT2D eigenvalue weighted by molar-refractivity contribution is 0.102. The molecule has 2 aromatic heterocycles. The number of benzene rings is 2. The normalized spacial score (nSPS) is 15.5. The number of pyridine rings is 1. The first-order chi connectivity index (χ1) is 16.1. The fraction of sp³-hybridized carbons (Fsp3) is 0.259. The Balaban J connectivity index is 1.56. The maximum absolute atomic E-state index is 12.8. The molecule has 4 aromatic rings. The largest absolute Gasteiger partial charge is 0.358 e. The van der Waals surface area contributed by atoms with Gasteiger partial charge in [0.05, 0.1) is 22.3 Å². The molecule has 5 rings (SSSR count). The summed E-state index contributed by atoms with van der Waals surface area (Å²) >= 11 is 6.23. The van der Waals surface area contributed by atoms with Crippen LogP contribution in [0.25, 0.3) is 10.9 Å². The smallest absolute Gasteiger partial charge is 0.257 e. The molecule has 1 aliphatic rings. The monoisotopic (exact) mass is 458 g/mol. The van der Waals surface area contributed by atoms with Crippen molar-refractivity contribution in [2.24, 2.45) is 0 Å². The van der Waals surface area contributed by atoms with Crippen molar-refractivity contribution in [3.8, 4) is 0 Å². The van der Waals surface area contributed by atoms with Gasteiger partial charge in [0.2, 0.25) is 0 Å². The minimum absolute atomic E-state index is 0.0646. The van der Waals surface area contributed by atoms with E-state index in [-0.39, 0.29) is 11.9 Å². The van der Waals surface area contributed by atoms with Gasteiger partial charge in [0.15, 0.2) is 0 Å². The predicted octanol–water partition coefficient (Wildman–Crippen LogP) is 6.35. The Morgan fingerprint density at radius 2 is 1.85 bits per heavy atom. The highest BCUT2D eigenvalue weighted by atomic mass is 35.5. The van der Waals surface area contributed by atoms with Crippen LogP contribution in [0, 0.1) is 6.92 Å². The SMILES string of the molecule is Cc1[nH]c2ccc(NC(=O)c3ccccc3Cl)cc2c1[C@H](c1ccccn1)N1CCCCC1. The van der Waals surface area contributed by atoms with E-state index in [1.54, 1.807) is 12.1 Å². The van der Waals surface area contributed by atoms with Crippen molar-refractivity contribution in [2.75, 3.05) is 18.4 Å². The first-order valence-corrected chi connectivity index (χ1v) is 11.8. The molecule has 0 aliphatic carbocycles. The topological polar surface area (TPSA) is 61.0 Å². The molecule has 0 radical (unpaired) electrons. The van der Waals surface area contributed by atoms with Crippen LogP contribution in [0.1, 0.15) is 52.6 Å². The van der Waals surface area contributed by atoms with Gasteiger partial charge in [0, 0.05) is 34.0 Å². The summed E-state index contributed by atoms with van der Waals surface area (Å²) in [6.07, 6.45) is 5.54. The molecule has 1 atom stereocenters. The number of aromatic amines is 1. The molecule has 1 amide bonds. The second kappa shape index (κ2) is 9.38. The van der Waals surface area contributed by atoms with E-state index in [0.29, 0.717) is 10.6 Å². The average Bonchev–Trinajstić information content (AvgIpc) is 3.16. The number of fused-ring (bicyclic) bond motifs is 1. The van der Waals surface area contributed by atoms with Crippen LogP contribution in [-0.2, 0) is 0 Å². The van der Waals surface area contributed by atoms with Crippen LogP contribution in [0.15, 0.2) is 66.9 Å². The number of hydrogen-bond donors (Lipinski definition) is 2. The number of nitrogens with one attached hydrogen (secondary N) is 2. The third-order valence-corrected chi connectivity index (χ3v) is 6.74. The second-order valence-corrected chi connectivity index (χ2v) is 9.02. The van der Waals surface area contributed by atoms with E-state index < -0.39 is 0 Å². The molecule has 168 valence electrons. The Morgan fingerprint density at radius 3 is 2.61 bits per heavy atom. The van der Waals surface area contributed by atoms with Crippen molar-refractivity contribution in [3.63, 3.8) is 0 Å². The van der Waals surface area contributed by atoms with Crippen LogP contribution >= 0.6 is 11.6 Å². The van der Waals surface area contributed by atoms with E-state index in [2.05, 4.69) is 40.3 Å². The van der Waals surface area contributed by atoms with Crippen molar-refractivity contribution >= 4 is 34.1 Å². The number of aromatic nitrogens is 2. The van der Waals surface area contributed by atoms with Crippen molar-refractivity contribution in [1.29, 1.82) is 0 Å². The van der Waals surface area contributed by atoms with Gasteiger partial charge in [-0.3, -0.25) is 14.7 Å². The van der Waals surface area contributed by atoms with E-state index in [9.17, 15) is 4.79 Å². The van der Waals surface area contributed by atoms with Gasteiger partial charge in [-0.2, -0.15) is 0 Å². The zero-order valence-corrected chi connectivity index (χ0v) is 19.4. The second-order valence-electron chi connectivity index (χ2n) is 8.61. The molecule has 0 saturated carbocycles. The number of nitrogens with zero attached hydrogens (tertiary/aromatic N) is 2. The number of likely N-dealkylation sites (tertiary alicyclic amines) is 1. The molecule has 2 N–H and O–H groups in total.